The second kappa shape index (κ2) is 5.66. The molecule has 1 unspecified atom stereocenters. The van der Waals surface area contributed by atoms with Crippen LogP contribution in [-0.4, -0.2) is 46.5 Å². The third-order valence-corrected chi connectivity index (χ3v) is 3.95. The summed E-state index contributed by atoms with van der Waals surface area (Å²) in [5.41, 5.74) is 6.21. The smallest absolute Gasteiger partial charge is 0.251 e. The van der Waals surface area contributed by atoms with Gasteiger partial charge in [0.05, 0.1) is 6.04 Å². The summed E-state index contributed by atoms with van der Waals surface area (Å²) in [4.78, 5) is 21.2. The van der Waals surface area contributed by atoms with Gasteiger partial charge < -0.3 is 10.7 Å². The number of aromatic amines is 1. The zero-order valence-electron chi connectivity index (χ0n) is 9.98. The van der Waals surface area contributed by atoms with Crippen molar-refractivity contribution in [3.05, 3.63) is 27.9 Å². The van der Waals surface area contributed by atoms with E-state index < -0.39 is 0 Å². The van der Waals surface area contributed by atoms with Gasteiger partial charge in [0.25, 0.3) is 5.56 Å². The Morgan fingerprint density at radius 2 is 2.53 bits per heavy atom. The Kier molecular flexibility index (Phi) is 4.20. The first-order chi connectivity index (χ1) is 8.20. The summed E-state index contributed by atoms with van der Waals surface area (Å²) in [6.45, 7) is 1.55. The highest BCUT2D eigenvalue weighted by Gasteiger charge is 2.23. The van der Waals surface area contributed by atoms with E-state index in [1.807, 2.05) is 11.8 Å². The van der Waals surface area contributed by atoms with Gasteiger partial charge in [-0.3, -0.25) is 9.69 Å². The van der Waals surface area contributed by atoms with Gasteiger partial charge in [-0.25, -0.2) is 4.98 Å². The average Bonchev–Trinajstić information content (AvgIpc) is 2.29. The number of thioether (sulfide) groups is 1. The second-order valence-corrected chi connectivity index (χ2v) is 5.38. The average molecular weight is 254 g/mol. The molecule has 0 aliphatic carbocycles. The summed E-state index contributed by atoms with van der Waals surface area (Å²) in [6, 6.07) is 1.74. The third-order valence-electron chi connectivity index (χ3n) is 2.93. The van der Waals surface area contributed by atoms with Gasteiger partial charge in [0.2, 0.25) is 0 Å². The molecule has 3 N–H and O–H groups in total. The van der Waals surface area contributed by atoms with E-state index in [1.54, 1.807) is 0 Å². The van der Waals surface area contributed by atoms with Crippen molar-refractivity contribution >= 4 is 11.8 Å². The molecule has 2 rings (SSSR count). The lowest BCUT2D eigenvalue weighted by Gasteiger charge is -2.31. The molecule has 6 heteroatoms. The Balaban J connectivity index is 2.27. The molecule has 1 atom stereocenters. The maximum Gasteiger partial charge on any atom is 0.251 e. The Bertz CT molecular complexity index is 434. The molecule has 17 heavy (non-hydrogen) atoms. The first-order valence-corrected chi connectivity index (χ1v) is 6.94. The van der Waals surface area contributed by atoms with Gasteiger partial charge in [0, 0.05) is 36.2 Å². The molecule has 1 aromatic heterocycles. The Morgan fingerprint density at radius 1 is 1.71 bits per heavy atom. The SMILES string of the molecule is CN1CCSCC1c1nc(CCN)cc(=O)[nH]1. The predicted octanol–water partition coefficient (Wildman–Crippen LogP) is -0.00920. The van der Waals surface area contributed by atoms with E-state index in [1.165, 1.54) is 6.07 Å². The Labute approximate surface area is 105 Å². The standard InChI is InChI=1S/C11H18N4OS/c1-15-4-5-17-7-9(15)11-13-8(2-3-12)6-10(16)14-11/h6,9H,2-5,7,12H2,1H3,(H,13,14,16). The van der Waals surface area contributed by atoms with Crippen molar-refractivity contribution in [3.8, 4) is 0 Å². The number of nitrogens with one attached hydrogen (secondary N) is 1. The topological polar surface area (TPSA) is 75.0 Å². The second-order valence-electron chi connectivity index (χ2n) is 4.23. The van der Waals surface area contributed by atoms with Crippen LogP contribution in [0.3, 0.4) is 0 Å². The highest BCUT2D eigenvalue weighted by Crippen LogP contribution is 2.25. The largest absolute Gasteiger partial charge is 0.330 e. The van der Waals surface area contributed by atoms with Crippen LogP contribution in [0, 0.1) is 0 Å². The molecule has 0 spiro atoms. The number of nitrogens with two attached hydrogens (primary N) is 1. The lowest BCUT2D eigenvalue weighted by atomic mass is 10.2. The Hall–Kier alpha value is -0.850. The molecule has 0 radical (unpaired) electrons. The first kappa shape index (κ1) is 12.6. The minimum atomic E-state index is -0.0811. The monoisotopic (exact) mass is 254 g/mol. The number of hydrogen-bond acceptors (Lipinski definition) is 5. The zero-order chi connectivity index (χ0) is 12.3. The van der Waals surface area contributed by atoms with Crippen LogP contribution in [0.1, 0.15) is 17.6 Å². The van der Waals surface area contributed by atoms with Crippen molar-refractivity contribution < 1.29 is 0 Å². The summed E-state index contributed by atoms with van der Waals surface area (Å²) in [7, 11) is 2.07. The van der Waals surface area contributed by atoms with Gasteiger partial charge in [-0.15, -0.1) is 0 Å². The van der Waals surface area contributed by atoms with Crippen molar-refractivity contribution in [3.63, 3.8) is 0 Å². The summed E-state index contributed by atoms with van der Waals surface area (Å²) >= 11 is 1.90. The maximum atomic E-state index is 11.6. The van der Waals surface area contributed by atoms with Crippen LogP contribution in [0.4, 0.5) is 0 Å². The highest BCUT2D eigenvalue weighted by molar-refractivity contribution is 7.99. The van der Waals surface area contributed by atoms with E-state index >= 15 is 0 Å². The number of rotatable bonds is 3. The van der Waals surface area contributed by atoms with E-state index in [9.17, 15) is 4.79 Å². The van der Waals surface area contributed by atoms with Gasteiger partial charge in [-0.2, -0.15) is 11.8 Å². The van der Waals surface area contributed by atoms with Crippen molar-refractivity contribution in [1.29, 1.82) is 0 Å². The van der Waals surface area contributed by atoms with E-state index in [4.69, 9.17) is 5.73 Å². The van der Waals surface area contributed by atoms with Crippen LogP contribution in [0.5, 0.6) is 0 Å². The fourth-order valence-corrected chi connectivity index (χ4v) is 3.16. The molecule has 5 nitrogen and oxygen atoms in total. The van der Waals surface area contributed by atoms with Crippen molar-refractivity contribution in [2.24, 2.45) is 5.73 Å². The van der Waals surface area contributed by atoms with Gasteiger partial charge in [0.15, 0.2) is 0 Å². The van der Waals surface area contributed by atoms with E-state index in [2.05, 4.69) is 21.9 Å². The first-order valence-electron chi connectivity index (χ1n) is 5.79. The van der Waals surface area contributed by atoms with Gasteiger partial charge in [0.1, 0.15) is 5.82 Å². The normalized spacial score (nSPS) is 21.6. The van der Waals surface area contributed by atoms with Gasteiger partial charge in [-0.05, 0) is 13.6 Å². The molecule has 1 aliphatic heterocycles. The molecule has 2 heterocycles. The summed E-state index contributed by atoms with van der Waals surface area (Å²) < 4.78 is 0. The lowest BCUT2D eigenvalue weighted by molar-refractivity contribution is 0.263. The number of hydrogen-bond donors (Lipinski definition) is 2. The molecular weight excluding hydrogens is 236 g/mol. The molecule has 94 valence electrons. The molecule has 1 saturated heterocycles. The summed E-state index contributed by atoms with van der Waals surface area (Å²) in [5.74, 6) is 2.89. The predicted molar refractivity (Wildman–Crippen MR) is 70.3 cm³/mol. The molecular formula is C11H18N4OS. The van der Waals surface area contributed by atoms with Crippen LogP contribution in [-0.2, 0) is 6.42 Å². The molecule has 0 amide bonds. The quantitative estimate of drug-likeness (QED) is 0.793. The van der Waals surface area contributed by atoms with Crippen molar-refractivity contribution in [2.75, 3.05) is 31.6 Å². The number of H-pyrrole nitrogens is 1. The third kappa shape index (κ3) is 3.08. The highest BCUT2D eigenvalue weighted by atomic mass is 32.2. The van der Waals surface area contributed by atoms with Crippen LogP contribution in [0.25, 0.3) is 0 Å². The Morgan fingerprint density at radius 3 is 3.24 bits per heavy atom. The fraction of sp³-hybridized carbons (Fsp3) is 0.636. The van der Waals surface area contributed by atoms with E-state index in [0.29, 0.717) is 13.0 Å². The van der Waals surface area contributed by atoms with Gasteiger partial charge in [-0.1, -0.05) is 0 Å². The molecule has 1 fully saturated rings. The minimum absolute atomic E-state index is 0.0811. The molecule has 0 saturated carbocycles. The van der Waals surface area contributed by atoms with E-state index in [0.717, 1.165) is 29.6 Å². The molecule has 0 aromatic carbocycles. The van der Waals surface area contributed by atoms with Crippen LogP contribution in [0.2, 0.25) is 0 Å². The van der Waals surface area contributed by atoms with Crippen LogP contribution < -0.4 is 11.3 Å². The lowest BCUT2D eigenvalue weighted by Crippen LogP contribution is -2.35. The maximum absolute atomic E-state index is 11.6. The fourth-order valence-electron chi connectivity index (χ4n) is 1.94. The summed E-state index contributed by atoms with van der Waals surface area (Å²) in [6.07, 6.45) is 0.653. The van der Waals surface area contributed by atoms with E-state index in [-0.39, 0.29) is 11.6 Å². The molecule has 1 aromatic rings. The molecule has 1 aliphatic rings. The minimum Gasteiger partial charge on any atom is -0.330 e. The van der Waals surface area contributed by atoms with Crippen LogP contribution in [0.15, 0.2) is 10.9 Å². The number of nitrogens with zero attached hydrogens (tertiary/aromatic N) is 2. The zero-order valence-corrected chi connectivity index (χ0v) is 10.8. The summed E-state index contributed by atoms with van der Waals surface area (Å²) in [5, 5.41) is 0. The van der Waals surface area contributed by atoms with Gasteiger partial charge >= 0.3 is 0 Å². The van der Waals surface area contributed by atoms with Crippen molar-refractivity contribution in [2.45, 2.75) is 12.5 Å². The van der Waals surface area contributed by atoms with Crippen LogP contribution >= 0.6 is 11.8 Å². The molecule has 0 bridgehead atoms. The van der Waals surface area contributed by atoms with Crippen molar-refractivity contribution in [1.82, 2.24) is 14.9 Å². The number of aromatic nitrogens is 2.